The van der Waals surface area contributed by atoms with Gasteiger partial charge in [0.2, 0.25) is 0 Å². The Balaban J connectivity index is 2.21. The predicted molar refractivity (Wildman–Crippen MR) is 72.2 cm³/mol. The van der Waals surface area contributed by atoms with Gasteiger partial charge in [-0.2, -0.15) is 0 Å². The molecule has 0 aromatic carbocycles. The average molecular weight is 316 g/mol. The van der Waals surface area contributed by atoms with Crippen LogP contribution in [0.4, 0.5) is 5.69 Å². The summed E-state index contributed by atoms with van der Waals surface area (Å²) < 4.78 is 2.85. The molecular formula is C11H12BrClN4. The van der Waals surface area contributed by atoms with Crippen LogP contribution in [0.5, 0.6) is 0 Å². The molecule has 0 saturated carbocycles. The number of imidazole rings is 1. The lowest BCUT2D eigenvalue weighted by atomic mass is 10.3. The molecule has 2 aromatic heterocycles. The van der Waals surface area contributed by atoms with Gasteiger partial charge in [0.15, 0.2) is 5.15 Å². The Bertz CT molecular complexity index is 526. The zero-order chi connectivity index (χ0) is 12.4. The van der Waals surface area contributed by atoms with E-state index in [9.17, 15) is 0 Å². The average Bonchev–Trinajstić information content (AvgIpc) is 2.70. The van der Waals surface area contributed by atoms with E-state index in [4.69, 9.17) is 11.6 Å². The maximum atomic E-state index is 6.02. The molecule has 0 aliphatic heterocycles. The minimum Gasteiger partial charge on any atom is -0.373 e. The van der Waals surface area contributed by atoms with Crippen LogP contribution in [-0.4, -0.2) is 14.5 Å². The normalized spacial score (nSPS) is 12.5. The summed E-state index contributed by atoms with van der Waals surface area (Å²) in [5, 5.41) is 3.74. The van der Waals surface area contributed by atoms with Gasteiger partial charge < -0.3 is 9.88 Å². The van der Waals surface area contributed by atoms with E-state index >= 15 is 0 Å². The lowest BCUT2D eigenvalue weighted by molar-refractivity contribution is 0.721. The Labute approximate surface area is 113 Å². The second kappa shape index (κ2) is 5.06. The van der Waals surface area contributed by atoms with Crippen molar-refractivity contribution in [2.24, 2.45) is 7.05 Å². The van der Waals surface area contributed by atoms with E-state index in [1.54, 1.807) is 12.4 Å². The molecule has 17 heavy (non-hydrogen) atoms. The monoisotopic (exact) mass is 314 g/mol. The molecule has 0 saturated heterocycles. The number of hydrogen-bond donors (Lipinski definition) is 1. The third-order valence-electron chi connectivity index (χ3n) is 2.42. The van der Waals surface area contributed by atoms with Crippen LogP contribution in [0.3, 0.4) is 0 Å². The number of halogens is 2. The first-order valence-corrected chi connectivity index (χ1v) is 6.30. The highest BCUT2D eigenvalue weighted by Gasteiger charge is 2.12. The fourth-order valence-corrected chi connectivity index (χ4v) is 2.11. The van der Waals surface area contributed by atoms with E-state index in [0.29, 0.717) is 5.15 Å². The van der Waals surface area contributed by atoms with Gasteiger partial charge in [0.05, 0.1) is 11.7 Å². The highest BCUT2D eigenvalue weighted by molar-refractivity contribution is 9.10. The summed E-state index contributed by atoms with van der Waals surface area (Å²) >= 11 is 9.39. The first-order chi connectivity index (χ1) is 8.08. The minimum atomic E-state index is 0.0589. The predicted octanol–water partition coefficient (Wildman–Crippen LogP) is 3.40. The molecule has 0 amide bonds. The van der Waals surface area contributed by atoms with E-state index in [-0.39, 0.29) is 6.04 Å². The Morgan fingerprint density at radius 2 is 2.24 bits per heavy atom. The van der Waals surface area contributed by atoms with Gasteiger partial charge in [0.1, 0.15) is 5.82 Å². The third kappa shape index (κ3) is 2.79. The Morgan fingerprint density at radius 1 is 1.47 bits per heavy atom. The molecule has 0 fully saturated rings. The number of rotatable bonds is 3. The van der Waals surface area contributed by atoms with Crippen LogP contribution >= 0.6 is 27.5 Å². The molecular weight excluding hydrogens is 304 g/mol. The summed E-state index contributed by atoms with van der Waals surface area (Å²) in [5.41, 5.74) is 0.788. The second-order valence-corrected chi connectivity index (χ2v) is 5.03. The molecule has 2 rings (SSSR count). The maximum absolute atomic E-state index is 6.02. The SMILES string of the molecule is CC(Nc1cc(Br)cnc1Cl)c1nccn1C. The van der Waals surface area contributed by atoms with E-state index in [0.717, 1.165) is 16.0 Å². The van der Waals surface area contributed by atoms with Gasteiger partial charge in [-0.25, -0.2) is 9.97 Å². The summed E-state index contributed by atoms with van der Waals surface area (Å²) in [6.07, 6.45) is 5.35. The molecule has 0 bridgehead atoms. The minimum absolute atomic E-state index is 0.0589. The lowest BCUT2D eigenvalue weighted by Crippen LogP contribution is -2.12. The summed E-state index contributed by atoms with van der Waals surface area (Å²) in [7, 11) is 1.96. The maximum Gasteiger partial charge on any atom is 0.152 e. The summed E-state index contributed by atoms with van der Waals surface area (Å²) in [6, 6.07) is 1.96. The molecule has 1 atom stereocenters. The third-order valence-corrected chi connectivity index (χ3v) is 3.16. The van der Waals surface area contributed by atoms with E-state index in [1.807, 2.05) is 30.8 Å². The van der Waals surface area contributed by atoms with Crippen molar-refractivity contribution in [3.63, 3.8) is 0 Å². The first kappa shape index (κ1) is 12.4. The lowest BCUT2D eigenvalue weighted by Gasteiger charge is -2.15. The van der Waals surface area contributed by atoms with Crippen LogP contribution in [0.2, 0.25) is 5.15 Å². The smallest absolute Gasteiger partial charge is 0.152 e. The van der Waals surface area contributed by atoms with Gasteiger partial charge in [0.25, 0.3) is 0 Å². The number of pyridine rings is 1. The van der Waals surface area contributed by atoms with Crippen molar-refractivity contribution in [2.45, 2.75) is 13.0 Å². The topological polar surface area (TPSA) is 42.7 Å². The zero-order valence-electron chi connectivity index (χ0n) is 9.48. The van der Waals surface area contributed by atoms with Crippen molar-refractivity contribution in [3.05, 3.63) is 40.1 Å². The van der Waals surface area contributed by atoms with Crippen molar-refractivity contribution in [1.29, 1.82) is 0 Å². The van der Waals surface area contributed by atoms with Crippen molar-refractivity contribution in [2.75, 3.05) is 5.32 Å². The standard InChI is InChI=1S/C11H12BrClN4/c1-7(11-14-3-4-17(11)2)16-9-5-8(12)6-15-10(9)13/h3-7,16H,1-2H3. The van der Waals surface area contributed by atoms with Gasteiger partial charge in [-0.3, -0.25) is 0 Å². The van der Waals surface area contributed by atoms with Crippen molar-refractivity contribution in [3.8, 4) is 0 Å². The first-order valence-electron chi connectivity index (χ1n) is 5.12. The fourth-order valence-electron chi connectivity index (χ4n) is 1.62. The molecule has 2 aromatic rings. The largest absolute Gasteiger partial charge is 0.373 e. The quantitative estimate of drug-likeness (QED) is 0.883. The van der Waals surface area contributed by atoms with E-state index in [2.05, 4.69) is 31.2 Å². The molecule has 4 nitrogen and oxygen atoms in total. The molecule has 0 aliphatic rings. The highest BCUT2D eigenvalue weighted by Crippen LogP contribution is 2.26. The van der Waals surface area contributed by atoms with E-state index in [1.165, 1.54) is 0 Å². The number of aromatic nitrogens is 3. The molecule has 0 aliphatic carbocycles. The molecule has 0 radical (unpaired) electrons. The Kier molecular flexibility index (Phi) is 3.69. The van der Waals surface area contributed by atoms with Crippen LogP contribution in [0.25, 0.3) is 0 Å². The highest BCUT2D eigenvalue weighted by atomic mass is 79.9. The zero-order valence-corrected chi connectivity index (χ0v) is 11.8. The molecule has 90 valence electrons. The Hall–Kier alpha value is -1.07. The van der Waals surface area contributed by atoms with Crippen molar-refractivity contribution >= 4 is 33.2 Å². The number of nitrogens with zero attached hydrogens (tertiary/aromatic N) is 3. The molecule has 0 spiro atoms. The number of aryl methyl sites for hydroxylation is 1. The molecule has 1 N–H and O–H groups in total. The number of nitrogens with one attached hydrogen (secondary N) is 1. The van der Waals surface area contributed by atoms with Crippen LogP contribution in [0, 0.1) is 0 Å². The fraction of sp³-hybridized carbons (Fsp3) is 0.273. The number of anilines is 1. The molecule has 2 heterocycles. The van der Waals surface area contributed by atoms with Crippen LogP contribution in [0.1, 0.15) is 18.8 Å². The number of hydrogen-bond acceptors (Lipinski definition) is 3. The van der Waals surface area contributed by atoms with Crippen LogP contribution < -0.4 is 5.32 Å². The van der Waals surface area contributed by atoms with Gasteiger partial charge in [0, 0.05) is 30.1 Å². The molecule has 1 unspecified atom stereocenters. The molecule has 6 heteroatoms. The Morgan fingerprint density at radius 3 is 2.88 bits per heavy atom. The van der Waals surface area contributed by atoms with Gasteiger partial charge in [-0.1, -0.05) is 11.6 Å². The van der Waals surface area contributed by atoms with Crippen molar-refractivity contribution < 1.29 is 0 Å². The van der Waals surface area contributed by atoms with Gasteiger partial charge in [-0.15, -0.1) is 0 Å². The van der Waals surface area contributed by atoms with Gasteiger partial charge in [-0.05, 0) is 28.9 Å². The van der Waals surface area contributed by atoms with Gasteiger partial charge >= 0.3 is 0 Å². The summed E-state index contributed by atoms with van der Waals surface area (Å²) in [6.45, 7) is 2.03. The summed E-state index contributed by atoms with van der Waals surface area (Å²) in [4.78, 5) is 8.35. The van der Waals surface area contributed by atoms with E-state index < -0.39 is 0 Å². The van der Waals surface area contributed by atoms with Crippen molar-refractivity contribution in [1.82, 2.24) is 14.5 Å². The summed E-state index contributed by atoms with van der Waals surface area (Å²) in [5.74, 6) is 0.945. The van der Waals surface area contributed by atoms with Crippen LogP contribution in [0.15, 0.2) is 29.1 Å². The van der Waals surface area contributed by atoms with Crippen LogP contribution in [-0.2, 0) is 7.05 Å². The second-order valence-electron chi connectivity index (χ2n) is 3.75.